The smallest absolute Gasteiger partial charge is 0.251 e. The molecule has 4 nitrogen and oxygen atoms in total. The zero-order valence-electron chi connectivity index (χ0n) is 15.6. The van der Waals surface area contributed by atoms with Gasteiger partial charge < -0.3 is 4.74 Å². The zero-order valence-corrected chi connectivity index (χ0v) is 18.7. The second kappa shape index (κ2) is 7.73. The largest absolute Gasteiger partial charge is 0.459 e. The predicted octanol–water partition coefficient (Wildman–Crippen LogP) is 6.51. The maximum atomic E-state index is 13.4. The monoisotopic (exact) mass is 500 g/mol. The molecule has 0 bridgehead atoms. The number of halogens is 3. The molecular weight excluding hydrogens is 487 g/mol. The van der Waals surface area contributed by atoms with E-state index in [0.29, 0.717) is 27.8 Å². The van der Waals surface area contributed by atoms with Gasteiger partial charge >= 0.3 is 0 Å². The van der Waals surface area contributed by atoms with Crippen molar-refractivity contribution in [1.82, 2.24) is 5.01 Å². The van der Waals surface area contributed by atoms with E-state index >= 15 is 0 Å². The maximum Gasteiger partial charge on any atom is 0.251 e. The van der Waals surface area contributed by atoms with Crippen LogP contribution in [0.3, 0.4) is 0 Å². The Balaban J connectivity index is 1.60. The Morgan fingerprint density at radius 1 is 1.07 bits per heavy atom. The molecule has 0 saturated heterocycles. The Morgan fingerprint density at radius 3 is 2.53 bits per heavy atom. The van der Waals surface area contributed by atoms with Crippen molar-refractivity contribution in [2.45, 2.75) is 18.7 Å². The molecule has 2 heterocycles. The molecule has 30 heavy (non-hydrogen) atoms. The van der Waals surface area contributed by atoms with Crippen LogP contribution in [0.4, 0.5) is 0 Å². The van der Waals surface area contributed by atoms with E-state index in [1.165, 1.54) is 0 Å². The SMILES string of the molecule is O=C(c1ccc(Br)cc1)[C@@H]1Oc2c(Cl)cc(Cl)cc2[C@@H]2CC(c3ccccc3)=NN12. The van der Waals surface area contributed by atoms with E-state index in [0.717, 1.165) is 21.3 Å². The number of nitrogens with zero attached hydrogens (tertiary/aromatic N) is 2. The lowest BCUT2D eigenvalue weighted by atomic mass is 9.95. The third kappa shape index (κ3) is 3.41. The van der Waals surface area contributed by atoms with Gasteiger partial charge in [0.1, 0.15) is 5.75 Å². The predicted molar refractivity (Wildman–Crippen MR) is 122 cm³/mol. The molecule has 2 atom stereocenters. The van der Waals surface area contributed by atoms with Crippen molar-refractivity contribution in [1.29, 1.82) is 0 Å². The molecule has 3 aromatic carbocycles. The molecular formula is C23H15BrCl2N2O2. The number of hydrogen-bond donors (Lipinski definition) is 0. The molecule has 0 aliphatic carbocycles. The highest BCUT2D eigenvalue weighted by Crippen LogP contribution is 2.47. The summed E-state index contributed by atoms with van der Waals surface area (Å²) in [5.41, 5.74) is 3.28. The van der Waals surface area contributed by atoms with E-state index in [-0.39, 0.29) is 11.8 Å². The summed E-state index contributed by atoms with van der Waals surface area (Å²) in [6, 6.07) is 20.4. The lowest BCUT2D eigenvalue weighted by Crippen LogP contribution is -2.46. The van der Waals surface area contributed by atoms with E-state index in [1.54, 1.807) is 23.2 Å². The van der Waals surface area contributed by atoms with Crippen LogP contribution in [0.1, 0.15) is 33.9 Å². The standard InChI is InChI=1S/C23H15BrCl2N2O2/c24-15-8-6-14(7-9-15)21(29)23-28-20(12-19(27-28)13-4-2-1-3-5-13)17-10-16(25)11-18(26)22(17)30-23/h1-11,20,23H,12H2/t20-,23-/m0/s1. The van der Waals surface area contributed by atoms with Gasteiger partial charge in [-0.25, -0.2) is 5.01 Å². The van der Waals surface area contributed by atoms with Gasteiger partial charge in [0.2, 0.25) is 5.78 Å². The van der Waals surface area contributed by atoms with Crippen molar-refractivity contribution >= 4 is 50.6 Å². The van der Waals surface area contributed by atoms with E-state index in [1.807, 2.05) is 48.5 Å². The van der Waals surface area contributed by atoms with Gasteiger partial charge in [0.15, 0.2) is 0 Å². The molecule has 0 aromatic heterocycles. The van der Waals surface area contributed by atoms with E-state index < -0.39 is 6.23 Å². The van der Waals surface area contributed by atoms with Crippen LogP contribution in [0.15, 0.2) is 76.3 Å². The van der Waals surface area contributed by atoms with Crippen LogP contribution >= 0.6 is 39.1 Å². The summed E-state index contributed by atoms with van der Waals surface area (Å²) in [5.74, 6) is 0.310. The number of benzene rings is 3. The third-order valence-corrected chi connectivity index (χ3v) is 6.30. The van der Waals surface area contributed by atoms with Gasteiger partial charge in [-0.15, -0.1) is 0 Å². The second-order valence-corrected chi connectivity index (χ2v) is 8.92. The van der Waals surface area contributed by atoms with Crippen LogP contribution < -0.4 is 4.74 Å². The minimum absolute atomic E-state index is 0.178. The molecule has 0 fully saturated rings. The molecule has 150 valence electrons. The lowest BCUT2D eigenvalue weighted by Gasteiger charge is -2.37. The summed E-state index contributed by atoms with van der Waals surface area (Å²) < 4.78 is 7.03. The minimum Gasteiger partial charge on any atom is -0.459 e. The molecule has 3 aromatic rings. The fourth-order valence-corrected chi connectivity index (χ4v) is 4.67. The zero-order chi connectivity index (χ0) is 20.8. The van der Waals surface area contributed by atoms with Gasteiger partial charge in [0, 0.05) is 27.0 Å². The lowest BCUT2D eigenvalue weighted by molar-refractivity contribution is -0.00448. The van der Waals surface area contributed by atoms with Crippen LogP contribution in [-0.2, 0) is 0 Å². The van der Waals surface area contributed by atoms with Crippen molar-refractivity contribution in [3.63, 3.8) is 0 Å². The summed E-state index contributed by atoms with van der Waals surface area (Å²) in [7, 11) is 0. The summed E-state index contributed by atoms with van der Waals surface area (Å²) in [4.78, 5) is 13.4. The Kier molecular flexibility index (Phi) is 5.05. The van der Waals surface area contributed by atoms with Crippen LogP contribution in [0.25, 0.3) is 0 Å². The highest BCUT2D eigenvalue weighted by atomic mass is 79.9. The molecule has 0 spiro atoms. The first kappa shape index (κ1) is 19.6. The number of ketones is 1. The average Bonchev–Trinajstić information content (AvgIpc) is 3.20. The Morgan fingerprint density at radius 2 is 1.80 bits per heavy atom. The quantitative estimate of drug-likeness (QED) is 0.384. The van der Waals surface area contributed by atoms with E-state index in [2.05, 4.69) is 15.9 Å². The number of Topliss-reactive ketones (excluding diaryl/α,β-unsaturated/α-hetero) is 1. The summed E-state index contributed by atoms with van der Waals surface area (Å²) in [6.07, 6.45) is -0.287. The molecule has 2 aliphatic rings. The molecule has 0 radical (unpaired) electrons. The first-order valence-corrected chi connectivity index (χ1v) is 10.9. The van der Waals surface area contributed by atoms with E-state index in [9.17, 15) is 4.79 Å². The van der Waals surface area contributed by atoms with Gasteiger partial charge in [-0.05, 0) is 29.8 Å². The number of carbonyl (C=O) groups excluding carboxylic acids is 1. The molecule has 0 saturated carbocycles. The first-order chi connectivity index (χ1) is 14.5. The number of hydrogen-bond acceptors (Lipinski definition) is 4. The van der Waals surface area contributed by atoms with Crippen LogP contribution in [0.2, 0.25) is 10.0 Å². The average molecular weight is 502 g/mol. The van der Waals surface area contributed by atoms with Crippen molar-refractivity contribution < 1.29 is 9.53 Å². The molecule has 0 N–H and O–H groups in total. The van der Waals surface area contributed by atoms with Crippen LogP contribution in [0, 0.1) is 0 Å². The van der Waals surface area contributed by atoms with Gasteiger partial charge in [-0.1, -0.05) is 81.6 Å². The van der Waals surface area contributed by atoms with Gasteiger partial charge in [-0.2, -0.15) is 5.10 Å². The molecule has 2 aliphatic heterocycles. The minimum atomic E-state index is -0.913. The fraction of sp³-hybridized carbons (Fsp3) is 0.130. The summed E-state index contributed by atoms with van der Waals surface area (Å²) >= 11 is 16.1. The molecule has 0 unspecified atom stereocenters. The fourth-order valence-electron chi connectivity index (χ4n) is 3.85. The summed E-state index contributed by atoms with van der Waals surface area (Å²) in [5, 5.41) is 7.44. The number of hydrazone groups is 1. The van der Waals surface area contributed by atoms with Crippen molar-refractivity contribution in [3.8, 4) is 5.75 Å². The Labute approximate surface area is 192 Å². The van der Waals surface area contributed by atoms with Gasteiger partial charge in [0.05, 0.1) is 16.8 Å². The van der Waals surface area contributed by atoms with Gasteiger partial charge in [-0.3, -0.25) is 4.79 Å². The first-order valence-electron chi connectivity index (χ1n) is 9.38. The van der Waals surface area contributed by atoms with Gasteiger partial charge in [0.25, 0.3) is 6.23 Å². The number of carbonyl (C=O) groups is 1. The number of fused-ring (bicyclic) bond motifs is 3. The highest BCUT2D eigenvalue weighted by molar-refractivity contribution is 9.10. The van der Waals surface area contributed by atoms with Crippen molar-refractivity contribution in [2.24, 2.45) is 5.10 Å². The summed E-state index contributed by atoms with van der Waals surface area (Å²) in [6.45, 7) is 0. The number of rotatable bonds is 3. The molecule has 0 amide bonds. The normalized spacial score (nSPS) is 19.6. The van der Waals surface area contributed by atoms with E-state index in [4.69, 9.17) is 33.0 Å². The Hall–Kier alpha value is -2.34. The third-order valence-electron chi connectivity index (χ3n) is 5.27. The second-order valence-electron chi connectivity index (χ2n) is 7.16. The molecule has 5 rings (SSSR count). The van der Waals surface area contributed by atoms with Crippen molar-refractivity contribution in [2.75, 3.05) is 0 Å². The topological polar surface area (TPSA) is 41.9 Å². The van der Waals surface area contributed by atoms with Crippen molar-refractivity contribution in [3.05, 3.63) is 97.9 Å². The van der Waals surface area contributed by atoms with Crippen LogP contribution in [-0.4, -0.2) is 22.7 Å². The highest BCUT2D eigenvalue weighted by Gasteiger charge is 2.44. The molecule has 7 heteroatoms. The van der Waals surface area contributed by atoms with Crippen LogP contribution in [0.5, 0.6) is 5.75 Å². The number of ether oxygens (including phenoxy) is 1. The Bertz CT molecular complexity index is 1170. The maximum absolute atomic E-state index is 13.4.